The molecule has 0 aromatic heterocycles. The van der Waals surface area contributed by atoms with Crippen molar-refractivity contribution < 1.29 is 18.0 Å². The van der Waals surface area contributed by atoms with Crippen LogP contribution in [0.4, 0.5) is 18.9 Å². The lowest BCUT2D eigenvalue weighted by Gasteiger charge is -2.25. The molecule has 2 atom stereocenters. The van der Waals surface area contributed by atoms with Crippen molar-refractivity contribution in [3.63, 3.8) is 0 Å². The lowest BCUT2D eigenvalue weighted by atomic mass is 9.90. The van der Waals surface area contributed by atoms with Crippen molar-refractivity contribution in [1.29, 1.82) is 0 Å². The second kappa shape index (κ2) is 7.47. The van der Waals surface area contributed by atoms with Gasteiger partial charge in [-0.05, 0) is 29.9 Å². The minimum atomic E-state index is -4.78. The predicted octanol–water partition coefficient (Wildman–Crippen LogP) is 4.62. The number of amides is 1. The van der Waals surface area contributed by atoms with Crippen LogP contribution in [0.3, 0.4) is 0 Å². The topological polar surface area (TPSA) is 44.7 Å². The number of alkyl halides is 4. The Hall–Kier alpha value is -1.76. The number of rotatable bonds is 5. The van der Waals surface area contributed by atoms with Crippen molar-refractivity contribution in [2.45, 2.75) is 44.2 Å². The number of carbonyl (C=O) groups is 1. The molecule has 1 aliphatic heterocycles. The first-order chi connectivity index (χ1) is 11.9. The number of hydrogen-bond acceptors (Lipinski definition) is 3. The molecule has 1 amide bonds. The molecule has 0 saturated carbocycles. The summed E-state index contributed by atoms with van der Waals surface area (Å²) >= 11 is 6.13. The molecule has 1 heterocycles. The summed E-state index contributed by atoms with van der Waals surface area (Å²) in [5, 5.41) is 7.03. The number of hydrazone groups is 1. The third-order valence-electron chi connectivity index (χ3n) is 4.29. The third-order valence-corrected chi connectivity index (χ3v) is 4.76. The van der Waals surface area contributed by atoms with E-state index in [1.165, 1.54) is 7.05 Å². The maximum atomic E-state index is 13.3. The second-order valence-corrected chi connectivity index (χ2v) is 7.78. The molecule has 0 fully saturated rings. The molecule has 2 rings (SSSR count). The van der Waals surface area contributed by atoms with Crippen molar-refractivity contribution in [2.75, 3.05) is 18.9 Å². The van der Waals surface area contributed by atoms with Gasteiger partial charge in [0.1, 0.15) is 0 Å². The van der Waals surface area contributed by atoms with E-state index in [2.05, 4.69) is 24.3 Å². The number of carbonyl (C=O) groups excluding carboxylic acids is 1. The summed E-state index contributed by atoms with van der Waals surface area (Å²) in [6.45, 7) is 5.85. The molecular weight excluding hydrogens is 367 g/mol. The highest BCUT2D eigenvalue weighted by Gasteiger charge is 2.58. The van der Waals surface area contributed by atoms with E-state index in [9.17, 15) is 18.0 Å². The van der Waals surface area contributed by atoms with E-state index < -0.39 is 22.7 Å². The van der Waals surface area contributed by atoms with Gasteiger partial charge in [-0.1, -0.05) is 50.6 Å². The number of hydrogen-bond donors (Lipinski definition) is 1. The maximum Gasteiger partial charge on any atom is 0.433 e. The number of nitrogens with one attached hydrogen (secondary N) is 1. The molecule has 0 saturated heterocycles. The Morgan fingerprint density at radius 1 is 1.35 bits per heavy atom. The van der Waals surface area contributed by atoms with E-state index >= 15 is 0 Å². The number of nitrogens with zero attached hydrogens (tertiary/aromatic N) is 2. The predicted molar refractivity (Wildman–Crippen MR) is 97.6 cm³/mol. The summed E-state index contributed by atoms with van der Waals surface area (Å²) in [5.41, 5.74) is 0.0489. The van der Waals surface area contributed by atoms with Gasteiger partial charge in [0.2, 0.25) is 0 Å². The molecule has 0 spiro atoms. The Kier molecular flexibility index (Phi) is 5.90. The van der Waals surface area contributed by atoms with E-state index in [1.54, 1.807) is 12.1 Å². The van der Waals surface area contributed by atoms with E-state index in [1.807, 2.05) is 19.1 Å². The van der Waals surface area contributed by atoms with Crippen LogP contribution in [-0.4, -0.2) is 41.3 Å². The Morgan fingerprint density at radius 2 is 1.96 bits per heavy atom. The molecule has 144 valence electrons. The van der Waals surface area contributed by atoms with Crippen LogP contribution in [0.15, 0.2) is 29.4 Å². The van der Waals surface area contributed by atoms with Crippen LogP contribution in [-0.2, 0) is 4.79 Å². The Morgan fingerprint density at radius 3 is 2.54 bits per heavy atom. The van der Waals surface area contributed by atoms with Crippen LogP contribution in [0.2, 0.25) is 0 Å². The van der Waals surface area contributed by atoms with Crippen molar-refractivity contribution in [3.8, 4) is 0 Å². The van der Waals surface area contributed by atoms with Gasteiger partial charge in [0.05, 0.1) is 6.54 Å². The van der Waals surface area contributed by atoms with Crippen molar-refractivity contribution in [1.82, 2.24) is 5.01 Å². The van der Waals surface area contributed by atoms with Gasteiger partial charge in [0, 0.05) is 12.7 Å². The number of halogens is 4. The number of anilines is 1. The molecule has 0 aliphatic carbocycles. The lowest BCUT2D eigenvalue weighted by molar-refractivity contribution is -0.118. The monoisotopic (exact) mass is 389 g/mol. The summed E-state index contributed by atoms with van der Waals surface area (Å²) < 4.78 is 39.8. The largest absolute Gasteiger partial charge is 0.433 e. The highest BCUT2D eigenvalue weighted by Crippen LogP contribution is 2.37. The van der Waals surface area contributed by atoms with Gasteiger partial charge < -0.3 is 5.32 Å². The lowest BCUT2D eigenvalue weighted by Crippen LogP contribution is -2.51. The highest BCUT2D eigenvalue weighted by molar-refractivity contribution is 6.50. The van der Waals surface area contributed by atoms with Crippen molar-refractivity contribution in [3.05, 3.63) is 29.8 Å². The molecule has 1 aliphatic rings. The van der Waals surface area contributed by atoms with Crippen molar-refractivity contribution in [2.24, 2.45) is 11.0 Å². The van der Waals surface area contributed by atoms with E-state index in [-0.39, 0.29) is 12.5 Å². The summed E-state index contributed by atoms with van der Waals surface area (Å²) in [7, 11) is 1.35. The first kappa shape index (κ1) is 20.6. The van der Waals surface area contributed by atoms with Crippen LogP contribution in [0.5, 0.6) is 0 Å². The molecule has 4 nitrogen and oxygen atoms in total. The fourth-order valence-corrected chi connectivity index (χ4v) is 3.60. The minimum Gasteiger partial charge on any atom is -0.324 e. The molecule has 8 heteroatoms. The molecule has 2 unspecified atom stereocenters. The summed E-state index contributed by atoms with van der Waals surface area (Å²) in [5.74, 6) is -0.343. The Balaban J connectivity index is 2.29. The van der Waals surface area contributed by atoms with Crippen molar-refractivity contribution >= 4 is 28.9 Å². The van der Waals surface area contributed by atoms with Gasteiger partial charge in [0.25, 0.3) is 5.91 Å². The fourth-order valence-electron chi connectivity index (χ4n) is 3.23. The molecule has 0 radical (unpaired) electrons. The van der Waals surface area contributed by atoms with E-state index in [0.29, 0.717) is 11.6 Å². The second-order valence-electron chi connectivity index (χ2n) is 7.14. The van der Waals surface area contributed by atoms with Crippen LogP contribution >= 0.6 is 11.6 Å². The normalized spacial score (nSPS) is 21.7. The zero-order valence-corrected chi connectivity index (χ0v) is 15.9. The first-order valence-electron chi connectivity index (χ1n) is 8.42. The first-order valence-corrected chi connectivity index (χ1v) is 8.79. The minimum absolute atomic E-state index is 0.139. The summed E-state index contributed by atoms with van der Waals surface area (Å²) in [6.07, 6.45) is -3.90. The Bertz CT molecular complexity index is 705. The molecule has 1 N–H and O–H groups in total. The van der Waals surface area contributed by atoms with Gasteiger partial charge in [-0.3, -0.25) is 9.80 Å². The quantitative estimate of drug-likeness (QED) is 0.747. The maximum absolute atomic E-state index is 13.3. The van der Waals surface area contributed by atoms with E-state index in [4.69, 9.17) is 11.6 Å². The smallest absolute Gasteiger partial charge is 0.324 e. The van der Waals surface area contributed by atoms with Crippen LogP contribution in [0.25, 0.3) is 0 Å². The van der Waals surface area contributed by atoms with E-state index in [0.717, 1.165) is 17.0 Å². The average molecular weight is 390 g/mol. The summed E-state index contributed by atoms with van der Waals surface area (Å²) in [6, 6.07) is 7.10. The zero-order chi connectivity index (χ0) is 19.7. The molecule has 26 heavy (non-hydrogen) atoms. The molecule has 1 aromatic rings. The van der Waals surface area contributed by atoms with Crippen LogP contribution < -0.4 is 5.32 Å². The SMILES string of the molecule is CC(C)CC(C)c1ccccc1NC(=O)C1(Cl)CN(C)N=C1C(F)(F)F. The number of benzene rings is 1. The Labute approximate surface area is 156 Å². The molecule has 1 aromatic carbocycles. The van der Waals surface area contributed by atoms with Gasteiger partial charge in [0.15, 0.2) is 10.6 Å². The summed E-state index contributed by atoms with van der Waals surface area (Å²) in [4.78, 5) is 10.4. The standard InChI is InChI=1S/C18H23ClF3N3O/c1-11(2)9-12(3)13-7-5-6-8-14(13)23-16(26)17(19)10-25(4)24-15(17)18(20,21)22/h5-8,11-12H,9-10H2,1-4H3,(H,23,26). The fraction of sp³-hybridized carbons (Fsp3) is 0.556. The van der Waals surface area contributed by atoms with Crippen LogP contribution in [0.1, 0.15) is 38.7 Å². The highest BCUT2D eigenvalue weighted by atomic mass is 35.5. The average Bonchev–Trinajstić information content (AvgIpc) is 2.83. The van der Waals surface area contributed by atoms with Gasteiger partial charge in [-0.15, -0.1) is 0 Å². The third kappa shape index (κ3) is 4.31. The van der Waals surface area contributed by atoms with Gasteiger partial charge in [-0.25, -0.2) is 0 Å². The van der Waals surface area contributed by atoms with Crippen LogP contribution in [0, 0.1) is 5.92 Å². The molecular formula is C18H23ClF3N3O. The number of para-hydroxylation sites is 1. The van der Waals surface area contributed by atoms with Gasteiger partial charge in [-0.2, -0.15) is 18.3 Å². The van der Waals surface area contributed by atoms with Gasteiger partial charge >= 0.3 is 6.18 Å². The molecule has 0 bridgehead atoms. The zero-order valence-electron chi connectivity index (χ0n) is 15.2.